The van der Waals surface area contributed by atoms with E-state index >= 15 is 0 Å². The summed E-state index contributed by atoms with van der Waals surface area (Å²) in [5.74, 6) is -0.208. The van der Waals surface area contributed by atoms with Gasteiger partial charge in [0.2, 0.25) is 11.8 Å². The van der Waals surface area contributed by atoms with Crippen LogP contribution in [0.25, 0.3) is 10.8 Å². The molecular weight excluding hydrogens is 228 g/mol. The van der Waals surface area contributed by atoms with Crippen LogP contribution in [-0.4, -0.2) is 11.8 Å². The van der Waals surface area contributed by atoms with Crippen LogP contribution >= 0.6 is 0 Å². The number of anilines is 2. The summed E-state index contributed by atoms with van der Waals surface area (Å²) in [6.45, 7) is 2.95. The first-order valence-electron chi connectivity index (χ1n) is 5.64. The van der Waals surface area contributed by atoms with Gasteiger partial charge in [-0.15, -0.1) is 0 Å². The Hall–Kier alpha value is -2.36. The summed E-state index contributed by atoms with van der Waals surface area (Å²) in [7, 11) is 0. The number of carbonyl (C=O) groups excluding carboxylic acids is 2. The normalized spacial score (nSPS) is 10.1. The summed E-state index contributed by atoms with van der Waals surface area (Å²) in [5.41, 5.74) is 1.52. The molecule has 0 saturated carbocycles. The van der Waals surface area contributed by atoms with E-state index in [1.807, 2.05) is 36.4 Å². The number of hydrogen-bond donors (Lipinski definition) is 2. The predicted octanol–water partition coefficient (Wildman–Crippen LogP) is 2.76. The van der Waals surface area contributed by atoms with Crippen molar-refractivity contribution >= 4 is 34.0 Å². The average Bonchev–Trinajstić information content (AvgIpc) is 2.27. The lowest BCUT2D eigenvalue weighted by Gasteiger charge is -2.09. The van der Waals surface area contributed by atoms with Gasteiger partial charge in [-0.05, 0) is 23.6 Å². The van der Waals surface area contributed by atoms with Gasteiger partial charge in [0.25, 0.3) is 0 Å². The van der Waals surface area contributed by atoms with Gasteiger partial charge >= 0.3 is 0 Å². The Morgan fingerprint density at radius 1 is 0.944 bits per heavy atom. The molecule has 4 nitrogen and oxygen atoms in total. The van der Waals surface area contributed by atoms with Crippen LogP contribution in [0.1, 0.15) is 13.8 Å². The van der Waals surface area contributed by atoms with Crippen molar-refractivity contribution in [2.75, 3.05) is 10.6 Å². The molecule has 92 valence electrons. The highest BCUT2D eigenvalue weighted by molar-refractivity contribution is 6.03. The number of hydrogen-bond acceptors (Lipinski definition) is 2. The molecule has 0 aliphatic carbocycles. The zero-order valence-corrected chi connectivity index (χ0v) is 10.3. The third kappa shape index (κ3) is 2.66. The number of rotatable bonds is 2. The van der Waals surface area contributed by atoms with Gasteiger partial charge < -0.3 is 10.6 Å². The van der Waals surface area contributed by atoms with Crippen LogP contribution in [0.15, 0.2) is 36.4 Å². The maximum atomic E-state index is 11.1. The first kappa shape index (κ1) is 12.1. The van der Waals surface area contributed by atoms with Gasteiger partial charge in [-0.2, -0.15) is 0 Å². The fraction of sp³-hybridized carbons (Fsp3) is 0.143. The molecule has 0 heterocycles. The fourth-order valence-electron chi connectivity index (χ4n) is 1.86. The van der Waals surface area contributed by atoms with Crippen molar-refractivity contribution in [3.05, 3.63) is 36.4 Å². The van der Waals surface area contributed by atoms with E-state index in [1.165, 1.54) is 13.8 Å². The number of fused-ring (bicyclic) bond motifs is 1. The highest BCUT2D eigenvalue weighted by Gasteiger charge is 2.03. The van der Waals surface area contributed by atoms with Crippen LogP contribution < -0.4 is 10.6 Å². The summed E-state index contributed by atoms with van der Waals surface area (Å²) in [6.07, 6.45) is 0. The van der Waals surface area contributed by atoms with Crippen molar-refractivity contribution in [3.63, 3.8) is 0 Å². The summed E-state index contributed by atoms with van der Waals surface area (Å²) in [5, 5.41) is 7.42. The van der Waals surface area contributed by atoms with Gasteiger partial charge in [0.15, 0.2) is 0 Å². The third-order valence-electron chi connectivity index (χ3n) is 2.51. The molecule has 18 heavy (non-hydrogen) atoms. The Labute approximate surface area is 105 Å². The molecule has 2 amide bonds. The molecule has 2 aromatic carbocycles. The molecule has 4 heteroatoms. The van der Waals surface area contributed by atoms with E-state index in [9.17, 15) is 9.59 Å². The lowest BCUT2D eigenvalue weighted by atomic mass is 10.1. The summed E-state index contributed by atoms with van der Waals surface area (Å²) >= 11 is 0. The van der Waals surface area contributed by atoms with E-state index in [-0.39, 0.29) is 11.8 Å². The van der Waals surface area contributed by atoms with Crippen molar-refractivity contribution < 1.29 is 9.59 Å². The second kappa shape index (κ2) is 4.87. The van der Waals surface area contributed by atoms with Crippen molar-refractivity contribution in [3.8, 4) is 0 Å². The lowest BCUT2D eigenvalue weighted by molar-refractivity contribution is -0.115. The van der Waals surface area contributed by atoms with E-state index in [0.29, 0.717) is 0 Å². The average molecular weight is 242 g/mol. The predicted molar refractivity (Wildman–Crippen MR) is 72.6 cm³/mol. The van der Waals surface area contributed by atoms with Crippen LogP contribution in [0.3, 0.4) is 0 Å². The minimum Gasteiger partial charge on any atom is -0.326 e. The lowest BCUT2D eigenvalue weighted by Crippen LogP contribution is -2.07. The van der Waals surface area contributed by atoms with Crippen LogP contribution in [-0.2, 0) is 9.59 Å². The Kier molecular flexibility index (Phi) is 3.28. The highest BCUT2D eigenvalue weighted by atomic mass is 16.2. The Balaban J connectivity index is 2.46. The molecule has 0 aromatic heterocycles. The Bertz CT molecular complexity index is 620. The van der Waals surface area contributed by atoms with Crippen molar-refractivity contribution in [2.45, 2.75) is 13.8 Å². The molecule has 2 N–H and O–H groups in total. The maximum absolute atomic E-state index is 11.1. The molecule has 0 spiro atoms. The third-order valence-corrected chi connectivity index (χ3v) is 2.51. The first-order chi connectivity index (χ1) is 8.56. The molecule has 0 atom stereocenters. The van der Waals surface area contributed by atoms with Gasteiger partial charge in [0.1, 0.15) is 0 Å². The van der Waals surface area contributed by atoms with Crippen LogP contribution in [0.4, 0.5) is 11.4 Å². The Morgan fingerprint density at radius 3 is 2.33 bits per heavy atom. The molecule has 0 fully saturated rings. The summed E-state index contributed by atoms with van der Waals surface area (Å²) in [6, 6.07) is 11.2. The number of benzene rings is 2. The summed E-state index contributed by atoms with van der Waals surface area (Å²) in [4.78, 5) is 22.1. The topological polar surface area (TPSA) is 58.2 Å². The minimum atomic E-state index is -0.104. The second-order valence-electron chi connectivity index (χ2n) is 4.10. The molecule has 0 saturated heterocycles. The van der Waals surface area contributed by atoms with Gasteiger partial charge in [-0.1, -0.05) is 18.2 Å². The van der Waals surface area contributed by atoms with Crippen molar-refractivity contribution in [1.82, 2.24) is 0 Å². The van der Waals surface area contributed by atoms with Gasteiger partial charge in [-0.3, -0.25) is 9.59 Å². The zero-order valence-electron chi connectivity index (χ0n) is 10.3. The number of amides is 2. The fourth-order valence-corrected chi connectivity index (χ4v) is 1.86. The van der Waals surface area contributed by atoms with E-state index < -0.39 is 0 Å². The van der Waals surface area contributed by atoms with Crippen LogP contribution in [0, 0.1) is 0 Å². The molecule has 0 aliphatic rings. The summed E-state index contributed by atoms with van der Waals surface area (Å²) < 4.78 is 0. The van der Waals surface area contributed by atoms with E-state index in [0.717, 1.165) is 22.1 Å². The molecule has 2 aromatic rings. The smallest absolute Gasteiger partial charge is 0.221 e. The zero-order chi connectivity index (χ0) is 13.1. The molecule has 0 aliphatic heterocycles. The van der Waals surface area contributed by atoms with Gasteiger partial charge in [0.05, 0.1) is 0 Å². The van der Waals surface area contributed by atoms with Crippen molar-refractivity contribution in [1.29, 1.82) is 0 Å². The molecule has 0 radical (unpaired) electrons. The number of nitrogens with one attached hydrogen (secondary N) is 2. The molecule has 2 rings (SSSR count). The number of carbonyl (C=O) groups is 2. The van der Waals surface area contributed by atoms with E-state index in [2.05, 4.69) is 10.6 Å². The van der Waals surface area contributed by atoms with Crippen LogP contribution in [0.5, 0.6) is 0 Å². The second-order valence-corrected chi connectivity index (χ2v) is 4.10. The van der Waals surface area contributed by atoms with Crippen LogP contribution in [0.2, 0.25) is 0 Å². The molecular formula is C14H14N2O2. The van der Waals surface area contributed by atoms with E-state index in [4.69, 9.17) is 0 Å². The SMILES string of the molecule is CC(=O)Nc1ccc2c(NC(C)=O)cccc2c1. The highest BCUT2D eigenvalue weighted by Crippen LogP contribution is 2.26. The standard InChI is InChI=1S/C14H14N2O2/c1-9(17)15-12-6-7-13-11(8-12)4-3-5-14(13)16-10(2)18/h3-8H,1-2H3,(H,15,17)(H,16,18). The van der Waals surface area contributed by atoms with Gasteiger partial charge in [-0.25, -0.2) is 0 Å². The molecule has 0 unspecified atom stereocenters. The largest absolute Gasteiger partial charge is 0.326 e. The first-order valence-corrected chi connectivity index (χ1v) is 5.64. The molecule has 0 bridgehead atoms. The van der Waals surface area contributed by atoms with Gasteiger partial charge in [0, 0.05) is 30.6 Å². The Morgan fingerprint density at radius 2 is 1.67 bits per heavy atom. The van der Waals surface area contributed by atoms with Crippen molar-refractivity contribution in [2.24, 2.45) is 0 Å². The monoisotopic (exact) mass is 242 g/mol. The quantitative estimate of drug-likeness (QED) is 0.850. The minimum absolute atomic E-state index is 0.103. The maximum Gasteiger partial charge on any atom is 0.221 e. The van der Waals surface area contributed by atoms with E-state index in [1.54, 1.807) is 0 Å².